The summed E-state index contributed by atoms with van der Waals surface area (Å²) in [6.45, 7) is 1.44. The minimum atomic E-state index is -3.77. The first-order valence-electron chi connectivity index (χ1n) is 5.62. The number of nitrogens with zero attached hydrogens (tertiary/aromatic N) is 2. The first-order chi connectivity index (χ1) is 9.44. The second kappa shape index (κ2) is 5.86. The molecule has 0 radical (unpaired) electrons. The summed E-state index contributed by atoms with van der Waals surface area (Å²) in [5.74, 6) is 0. The standard InChI is InChI=1S/C12H12BrN3O3S/c1-8-11(13)2-9(6-17)3-12(8)20(18,19)16-10-4-14-7-15-5-10/h2-5,7,16-17H,6H2,1H3. The van der Waals surface area contributed by atoms with Crippen LogP contribution in [0.2, 0.25) is 0 Å². The van der Waals surface area contributed by atoms with E-state index in [1.54, 1.807) is 13.0 Å². The molecule has 8 heteroatoms. The van der Waals surface area contributed by atoms with Gasteiger partial charge in [-0.2, -0.15) is 0 Å². The molecule has 20 heavy (non-hydrogen) atoms. The van der Waals surface area contributed by atoms with Crippen molar-refractivity contribution < 1.29 is 13.5 Å². The van der Waals surface area contributed by atoms with E-state index in [2.05, 4.69) is 30.6 Å². The number of rotatable bonds is 4. The Labute approximate surface area is 125 Å². The highest BCUT2D eigenvalue weighted by Gasteiger charge is 2.19. The van der Waals surface area contributed by atoms with Crippen LogP contribution in [-0.4, -0.2) is 23.5 Å². The Balaban J connectivity index is 2.47. The molecule has 0 spiro atoms. The van der Waals surface area contributed by atoms with Crippen molar-refractivity contribution in [3.05, 3.63) is 46.5 Å². The molecule has 0 unspecified atom stereocenters. The second-order valence-electron chi connectivity index (χ2n) is 4.09. The van der Waals surface area contributed by atoms with Gasteiger partial charge in [0, 0.05) is 4.47 Å². The molecule has 2 aromatic rings. The normalized spacial score (nSPS) is 11.3. The summed E-state index contributed by atoms with van der Waals surface area (Å²) in [5, 5.41) is 9.18. The van der Waals surface area contributed by atoms with E-state index in [1.807, 2.05) is 0 Å². The lowest BCUT2D eigenvalue weighted by atomic mass is 10.2. The maximum absolute atomic E-state index is 12.4. The van der Waals surface area contributed by atoms with Crippen LogP contribution in [0.25, 0.3) is 0 Å². The van der Waals surface area contributed by atoms with Gasteiger partial charge in [-0.25, -0.2) is 18.4 Å². The minimum Gasteiger partial charge on any atom is -0.392 e. The highest BCUT2D eigenvalue weighted by Crippen LogP contribution is 2.27. The molecule has 106 valence electrons. The smallest absolute Gasteiger partial charge is 0.262 e. The lowest BCUT2D eigenvalue weighted by Crippen LogP contribution is -2.15. The number of aromatic nitrogens is 2. The zero-order valence-corrected chi connectivity index (χ0v) is 12.9. The van der Waals surface area contributed by atoms with Crippen LogP contribution in [0.5, 0.6) is 0 Å². The molecule has 0 saturated carbocycles. The van der Waals surface area contributed by atoms with Crippen molar-refractivity contribution in [3.63, 3.8) is 0 Å². The summed E-state index contributed by atoms with van der Waals surface area (Å²) in [5.41, 5.74) is 1.34. The van der Waals surface area contributed by atoms with Crippen molar-refractivity contribution in [2.24, 2.45) is 0 Å². The van der Waals surface area contributed by atoms with Gasteiger partial charge in [0.25, 0.3) is 10.0 Å². The number of aliphatic hydroxyl groups excluding tert-OH is 1. The van der Waals surface area contributed by atoms with Gasteiger partial charge in [-0.05, 0) is 30.2 Å². The van der Waals surface area contributed by atoms with Crippen molar-refractivity contribution in [1.29, 1.82) is 0 Å². The third-order valence-electron chi connectivity index (χ3n) is 2.64. The topological polar surface area (TPSA) is 92.2 Å². The van der Waals surface area contributed by atoms with E-state index in [4.69, 9.17) is 0 Å². The molecule has 0 atom stereocenters. The van der Waals surface area contributed by atoms with Crippen LogP contribution >= 0.6 is 15.9 Å². The lowest BCUT2D eigenvalue weighted by Gasteiger charge is -2.12. The van der Waals surface area contributed by atoms with Gasteiger partial charge in [-0.1, -0.05) is 15.9 Å². The summed E-state index contributed by atoms with van der Waals surface area (Å²) in [4.78, 5) is 7.59. The van der Waals surface area contributed by atoms with Gasteiger partial charge in [-0.3, -0.25) is 4.72 Å². The predicted octanol–water partition coefficient (Wildman–Crippen LogP) is 1.84. The quantitative estimate of drug-likeness (QED) is 0.870. The van der Waals surface area contributed by atoms with Crippen molar-refractivity contribution in [2.75, 3.05) is 4.72 Å². The summed E-state index contributed by atoms with van der Waals surface area (Å²) in [6.07, 6.45) is 4.04. The van der Waals surface area contributed by atoms with E-state index >= 15 is 0 Å². The first-order valence-corrected chi connectivity index (χ1v) is 7.89. The molecule has 0 bridgehead atoms. The van der Waals surface area contributed by atoms with Crippen molar-refractivity contribution in [3.8, 4) is 0 Å². The molecule has 0 fully saturated rings. The Morgan fingerprint density at radius 1 is 1.30 bits per heavy atom. The monoisotopic (exact) mass is 357 g/mol. The summed E-state index contributed by atoms with van der Waals surface area (Å²) < 4.78 is 27.8. The average Bonchev–Trinajstić information content (AvgIpc) is 2.42. The largest absolute Gasteiger partial charge is 0.392 e. The van der Waals surface area contributed by atoms with Crippen LogP contribution in [0.4, 0.5) is 5.69 Å². The van der Waals surface area contributed by atoms with Crippen LogP contribution < -0.4 is 4.72 Å². The van der Waals surface area contributed by atoms with E-state index in [0.717, 1.165) is 0 Å². The van der Waals surface area contributed by atoms with Crippen molar-refractivity contribution >= 4 is 31.6 Å². The van der Waals surface area contributed by atoms with Gasteiger partial charge in [0.1, 0.15) is 6.33 Å². The van der Waals surface area contributed by atoms with Gasteiger partial charge >= 0.3 is 0 Å². The summed E-state index contributed by atoms with van der Waals surface area (Å²) >= 11 is 3.29. The second-order valence-corrected chi connectivity index (χ2v) is 6.60. The Hall–Kier alpha value is -1.51. The number of hydrogen-bond acceptors (Lipinski definition) is 5. The van der Waals surface area contributed by atoms with Gasteiger partial charge in [0.15, 0.2) is 0 Å². The molecule has 1 aromatic carbocycles. The van der Waals surface area contributed by atoms with Gasteiger partial charge < -0.3 is 5.11 Å². The Morgan fingerprint density at radius 3 is 2.55 bits per heavy atom. The Morgan fingerprint density at radius 2 is 1.95 bits per heavy atom. The van der Waals surface area contributed by atoms with Gasteiger partial charge in [-0.15, -0.1) is 0 Å². The highest BCUT2D eigenvalue weighted by atomic mass is 79.9. The molecule has 0 aliphatic carbocycles. The lowest BCUT2D eigenvalue weighted by molar-refractivity contribution is 0.281. The number of hydrogen-bond donors (Lipinski definition) is 2. The van der Waals surface area contributed by atoms with Gasteiger partial charge in [0.2, 0.25) is 0 Å². The van der Waals surface area contributed by atoms with E-state index in [0.29, 0.717) is 15.6 Å². The van der Waals surface area contributed by atoms with Crippen molar-refractivity contribution in [1.82, 2.24) is 9.97 Å². The zero-order valence-electron chi connectivity index (χ0n) is 10.5. The molecule has 0 amide bonds. The number of sulfonamides is 1. The third kappa shape index (κ3) is 3.14. The zero-order chi connectivity index (χ0) is 14.8. The van der Waals surface area contributed by atoms with E-state index in [1.165, 1.54) is 24.8 Å². The minimum absolute atomic E-state index is 0.0970. The Kier molecular flexibility index (Phi) is 4.36. The molecule has 6 nitrogen and oxygen atoms in total. The number of nitrogens with one attached hydrogen (secondary N) is 1. The predicted molar refractivity (Wildman–Crippen MR) is 77.6 cm³/mol. The van der Waals surface area contributed by atoms with Crippen LogP contribution in [0, 0.1) is 6.92 Å². The number of aliphatic hydroxyl groups is 1. The molecular weight excluding hydrogens is 346 g/mol. The maximum atomic E-state index is 12.4. The third-order valence-corrected chi connectivity index (χ3v) is 4.97. The molecule has 1 aromatic heterocycles. The molecular formula is C12H12BrN3O3S. The molecule has 0 saturated heterocycles. The van der Waals surface area contributed by atoms with Crippen LogP contribution in [-0.2, 0) is 16.6 Å². The molecule has 2 rings (SSSR count). The fourth-order valence-corrected chi connectivity index (χ4v) is 3.62. The maximum Gasteiger partial charge on any atom is 0.262 e. The Bertz CT molecular complexity index is 720. The van der Waals surface area contributed by atoms with Crippen LogP contribution in [0.3, 0.4) is 0 Å². The molecule has 0 aliphatic rings. The van der Waals surface area contributed by atoms with E-state index in [9.17, 15) is 13.5 Å². The average molecular weight is 358 g/mol. The van der Waals surface area contributed by atoms with Crippen LogP contribution in [0.1, 0.15) is 11.1 Å². The highest BCUT2D eigenvalue weighted by molar-refractivity contribution is 9.10. The van der Waals surface area contributed by atoms with Gasteiger partial charge in [0.05, 0.1) is 29.6 Å². The first kappa shape index (κ1) is 14.9. The fraction of sp³-hybridized carbons (Fsp3) is 0.167. The number of halogens is 1. The SMILES string of the molecule is Cc1c(Br)cc(CO)cc1S(=O)(=O)Nc1cncnc1. The van der Waals surface area contributed by atoms with Crippen LogP contribution in [0.15, 0.2) is 40.2 Å². The molecule has 2 N–H and O–H groups in total. The number of anilines is 1. The summed E-state index contributed by atoms with van der Waals surface area (Å²) in [6, 6.07) is 3.12. The van der Waals surface area contributed by atoms with E-state index < -0.39 is 10.0 Å². The summed E-state index contributed by atoms with van der Waals surface area (Å²) in [7, 11) is -3.77. The molecule has 1 heterocycles. The van der Waals surface area contributed by atoms with E-state index in [-0.39, 0.29) is 17.2 Å². The molecule has 0 aliphatic heterocycles. The van der Waals surface area contributed by atoms with Crippen molar-refractivity contribution in [2.45, 2.75) is 18.4 Å². The number of benzene rings is 1. The fourth-order valence-electron chi connectivity index (χ4n) is 1.64.